The minimum absolute atomic E-state index is 0.341. The van der Waals surface area contributed by atoms with Gasteiger partial charge in [0, 0.05) is 18.3 Å². The van der Waals surface area contributed by atoms with Gasteiger partial charge >= 0.3 is 0 Å². The van der Waals surface area contributed by atoms with Gasteiger partial charge < -0.3 is 5.32 Å². The molecule has 6 heteroatoms. The summed E-state index contributed by atoms with van der Waals surface area (Å²) in [6, 6.07) is 1.72. The summed E-state index contributed by atoms with van der Waals surface area (Å²) in [5.74, 6) is 0.570. The van der Waals surface area contributed by atoms with E-state index in [4.69, 9.17) is 11.6 Å². The second-order valence-corrected chi connectivity index (χ2v) is 4.78. The molecule has 0 aliphatic carbocycles. The highest BCUT2D eigenvalue weighted by atomic mass is 35.5. The highest BCUT2D eigenvalue weighted by molar-refractivity contribution is 6.29. The summed E-state index contributed by atoms with van der Waals surface area (Å²) < 4.78 is 0. The Labute approximate surface area is 125 Å². The average Bonchev–Trinajstić information content (AvgIpc) is 2.44. The Morgan fingerprint density at radius 3 is 2.65 bits per heavy atom. The molecule has 0 saturated carbocycles. The van der Waals surface area contributed by atoms with Crippen molar-refractivity contribution in [3.8, 4) is 0 Å². The number of nitrogens with zero attached hydrogens (tertiary/aromatic N) is 3. The molecule has 0 aliphatic heterocycles. The molecule has 0 aromatic carbocycles. The molecule has 1 heterocycles. The van der Waals surface area contributed by atoms with Crippen LogP contribution in [0.4, 0.5) is 11.5 Å². The van der Waals surface area contributed by atoms with E-state index in [9.17, 15) is 0 Å². The molecular weight excluding hydrogens is 274 g/mol. The van der Waals surface area contributed by atoms with Crippen molar-refractivity contribution in [2.45, 2.75) is 39.5 Å². The Morgan fingerprint density at radius 2 is 2.05 bits per heavy atom. The summed E-state index contributed by atoms with van der Waals surface area (Å²) in [6.45, 7) is 8.58. The molecule has 20 heavy (non-hydrogen) atoms. The lowest BCUT2D eigenvalue weighted by molar-refractivity contribution is 0.906. The molecule has 1 aromatic heterocycles. The molecule has 0 saturated heterocycles. The van der Waals surface area contributed by atoms with E-state index in [0.29, 0.717) is 17.5 Å². The van der Waals surface area contributed by atoms with Gasteiger partial charge in [0.15, 0.2) is 11.0 Å². The number of rotatable bonds is 9. The Morgan fingerprint density at radius 1 is 1.35 bits per heavy atom. The first-order valence-corrected chi connectivity index (χ1v) is 7.28. The molecule has 0 bridgehead atoms. The predicted octanol–water partition coefficient (Wildman–Crippen LogP) is 4.10. The van der Waals surface area contributed by atoms with Gasteiger partial charge in [-0.05, 0) is 12.8 Å². The van der Waals surface area contributed by atoms with Gasteiger partial charge in [0.1, 0.15) is 0 Å². The van der Waals surface area contributed by atoms with Gasteiger partial charge in [-0.25, -0.2) is 0 Å². The van der Waals surface area contributed by atoms with Crippen molar-refractivity contribution in [1.82, 2.24) is 10.2 Å². The molecule has 0 radical (unpaired) electrons. The summed E-state index contributed by atoms with van der Waals surface area (Å²) >= 11 is 5.85. The molecule has 0 amide bonds. The monoisotopic (exact) mass is 295 g/mol. The zero-order valence-electron chi connectivity index (χ0n) is 12.1. The van der Waals surface area contributed by atoms with Crippen LogP contribution >= 0.6 is 11.6 Å². The number of hydrogen-bond donors (Lipinski definition) is 2. The lowest BCUT2D eigenvalue weighted by Gasteiger charge is -2.10. The minimum Gasteiger partial charge on any atom is -0.378 e. The maximum Gasteiger partial charge on any atom is 0.192 e. The largest absolute Gasteiger partial charge is 0.378 e. The molecule has 0 fully saturated rings. The molecule has 0 unspecified atom stereocenters. The molecule has 0 spiro atoms. The van der Waals surface area contributed by atoms with Crippen molar-refractivity contribution in [1.29, 1.82) is 0 Å². The van der Waals surface area contributed by atoms with Gasteiger partial charge in [-0.15, -0.1) is 16.8 Å². The topological polar surface area (TPSA) is 62.2 Å². The van der Waals surface area contributed by atoms with E-state index in [1.165, 1.54) is 0 Å². The van der Waals surface area contributed by atoms with E-state index in [1.807, 2.05) is 0 Å². The summed E-state index contributed by atoms with van der Waals surface area (Å²) in [6.07, 6.45) is 5.89. The molecule has 1 aromatic rings. The fourth-order valence-corrected chi connectivity index (χ4v) is 1.86. The molecule has 0 aliphatic rings. The number of hydrogen-bond acceptors (Lipinski definition) is 5. The first kappa shape index (κ1) is 16.4. The van der Waals surface area contributed by atoms with E-state index in [0.717, 1.165) is 37.1 Å². The van der Waals surface area contributed by atoms with E-state index in [2.05, 4.69) is 46.5 Å². The minimum atomic E-state index is 0.341. The van der Waals surface area contributed by atoms with Gasteiger partial charge in [0.25, 0.3) is 0 Å². The number of halogens is 1. The predicted molar refractivity (Wildman–Crippen MR) is 86.6 cm³/mol. The fourth-order valence-electron chi connectivity index (χ4n) is 1.71. The van der Waals surface area contributed by atoms with Crippen LogP contribution in [0.2, 0.25) is 5.15 Å². The normalized spacial score (nSPS) is 9.95. The van der Waals surface area contributed by atoms with Crippen LogP contribution in [0.1, 0.15) is 39.5 Å². The maximum atomic E-state index is 5.85. The van der Waals surface area contributed by atoms with Crippen molar-refractivity contribution >= 4 is 28.8 Å². The number of aromatic nitrogens is 2. The quantitative estimate of drug-likeness (QED) is 0.409. The van der Waals surface area contributed by atoms with Crippen molar-refractivity contribution < 1.29 is 0 Å². The highest BCUT2D eigenvalue weighted by Gasteiger charge is 2.05. The second-order valence-electron chi connectivity index (χ2n) is 4.39. The molecule has 0 atom stereocenters. The highest BCUT2D eigenvalue weighted by Crippen LogP contribution is 2.21. The first-order valence-electron chi connectivity index (χ1n) is 6.90. The Hall–Kier alpha value is -1.62. The van der Waals surface area contributed by atoms with E-state index in [1.54, 1.807) is 12.1 Å². The van der Waals surface area contributed by atoms with Gasteiger partial charge in [0.2, 0.25) is 0 Å². The standard InChI is InChI=1S/C14H22ClN5/c1-4-7-11(8-5-2)17-19-14-12(16-9-6-3)10-13(15)18-20-14/h6,10H,3-5,7-9H2,1-2H3,(H,16,18)(H,19,20). The third kappa shape index (κ3) is 5.57. The number of hydrazone groups is 1. The number of nitrogens with one attached hydrogen (secondary N) is 2. The van der Waals surface area contributed by atoms with Gasteiger partial charge in [0.05, 0.1) is 5.69 Å². The van der Waals surface area contributed by atoms with Crippen LogP contribution in [0.25, 0.3) is 0 Å². The SMILES string of the molecule is C=CCNc1cc(Cl)nnc1NN=C(CCC)CCC. The summed E-state index contributed by atoms with van der Waals surface area (Å²) in [7, 11) is 0. The van der Waals surface area contributed by atoms with Gasteiger partial charge in [-0.1, -0.05) is 44.4 Å². The van der Waals surface area contributed by atoms with Gasteiger partial charge in [-0.2, -0.15) is 5.10 Å². The van der Waals surface area contributed by atoms with Gasteiger partial charge in [-0.3, -0.25) is 5.43 Å². The average molecular weight is 296 g/mol. The summed E-state index contributed by atoms with van der Waals surface area (Å²) in [5, 5.41) is 15.8. The molecule has 2 N–H and O–H groups in total. The third-order valence-electron chi connectivity index (χ3n) is 2.60. The zero-order valence-corrected chi connectivity index (χ0v) is 12.9. The van der Waals surface area contributed by atoms with Crippen molar-refractivity contribution in [3.63, 3.8) is 0 Å². The summed E-state index contributed by atoms with van der Waals surface area (Å²) in [5.41, 5.74) is 4.88. The van der Waals surface area contributed by atoms with Crippen LogP contribution in [0.5, 0.6) is 0 Å². The molecule has 5 nitrogen and oxygen atoms in total. The summed E-state index contributed by atoms with van der Waals surface area (Å²) in [4.78, 5) is 0. The van der Waals surface area contributed by atoms with Crippen LogP contribution in [0.15, 0.2) is 23.8 Å². The number of anilines is 2. The van der Waals surface area contributed by atoms with E-state index in [-0.39, 0.29) is 0 Å². The Balaban J connectivity index is 2.83. The van der Waals surface area contributed by atoms with Crippen LogP contribution in [0, 0.1) is 0 Å². The molecule has 110 valence electrons. The van der Waals surface area contributed by atoms with E-state index >= 15 is 0 Å². The van der Waals surface area contributed by atoms with Crippen LogP contribution < -0.4 is 10.7 Å². The van der Waals surface area contributed by atoms with Crippen LogP contribution in [-0.4, -0.2) is 22.5 Å². The first-order chi connectivity index (χ1) is 9.71. The van der Waals surface area contributed by atoms with Crippen molar-refractivity contribution in [2.75, 3.05) is 17.3 Å². The maximum absolute atomic E-state index is 5.85. The van der Waals surface area contributed by atoms with Crippen molar-refractivity contribution in [2.24, 2.45) is 5.10 Å². The Kier molecular flexibility index (Phi) is 7.65. The zero-order chi connectivity index (χ0) is 14.8. The lowest BCUT2D eigenvalue weighted by Crippen LogP contribution is -2.07. The van der Waals surface area contributed by atoms with E-state index < -0.39 is 0 Å². The lowest BCUT2D eigenvalue weighted by atomic mass is 10.1. The molecular formula is C14H22ClN5. The third-order valence-corrected chi connectivity index (χ3v) is 2.78. The fraction of sp³-hybridized carbons (Fsp3) is 0.500. The molecule has 1 rings (SSSR count). The van der Waals surface area contributed by atoms with Crippen LogP contribution in [0.3, 0.4) is 0 Å². The Bertz CT molecular complexity index is 451. The second kappa shape index (κ2) is 9.31. The smallest absolute Gasteiger partial charge is 0.192 e. The van der Waals surface area contributed by atoms with Crippen LogP contribution in [-0.2, 0) is 0 Å². The van der Waals surface area contributed by atoms with Crippen molar-refractivity contribution in [3.05, 3.63) is 23.9 Å².